The number of hydrogen-bond acceptors (Lipinski definition) is 2. The Labute approximate surface area is 105 Å². The Hall–Kier alpha value is -1.71. The van der Waals surface area contributed by atoms with Gasteiger partial charge in [0.15, 0.2) is 6.29 Å². The van der Waals surface area contributed by atoms with Crippen molar-refractivity contribution in [1.82, 2.24) is 0 Å². The molecule has 0 spiro atoms. The summed E-state index contributed by atoms with van der Waals surface area (Å²) in [5.41, 5.74) is 2.60. The van der Waals surface area contributed by atoms with Gasteiger partial charge in [-0.15, -0.1) is 0 Å². The number of fused-ring (bicyclic) bond motifs is 1. The molecule has 3 rings (SSSR count). The molecule has 0 aliphatic carbocycles. The molecular weight excluding hydrogens is 231 g/mol. The highest BCUT2D eigenvalue weighted by atomic mass is 19.1. The highest BCUT2D eigenvalue weighted by molar-refractivity contribution is 5.32. The van der Waals surface area contributed by atoms with Crippen molar-refractivity contribution in [2.24, 2.45) is 0 Å². The molecule has 0 aromatic heterocycles. The normalized spacial score (nSPS) is 22.6. The first-order valence-electron chi connectivity index (χ1n) is 5.91. The Morgan fingerprint density at radius 1 is 1.11 bits per heavy atom. The molecule has 2 atom stereocenters. The lowest BCUT2D eigenvalue weighted by Gasteiger charge is -2.29. The van der Waals surface area contributed by atoms with Gasteiger partial charge in [0.05, 0.1) is 6.10 Å². The predicted octanol–water partition coefficient (Wildman–Crippen LogP) is 3.13. The van der Waals surface area contributed by atoms with Gasteiger partial charge >= 0.3 is 0 Å². The van der Waals surface area contributed by atoms with E-state index in [1.807, 2.05) is 30.3 Å². The van der Waals surface area contributed by atoms with Gasteiger partial charge in [-0.2, -0.15) is 0 Å². The van der Waals surface area contributed by atoms with E-state index < -0.39 is 6.29 Å². The maximum absolute atomic E-state index is 13.2. The van der Waals surface area contributed by atoms with Crippen LogP contribution in [0.2, 0.25) is 0 Å². The summed E-state index contributed by atoms with van der Waals surface area (Å²) in [4.78, 5) is 0. The lowest BCUT2D eigenvalue weighted by molar-refractivity contribution is -0.151. The molecule has 0 bridgehead atoms. The number of ether oxygens (including phenoxy) is 1. The first-order valence-corrected chi connectivity index (χ1v) is 5.91. The molecule has 0 saturated heterocycles. The predicted molar refractivity (Wildman–Crippen MR) is 65.3 cm³/mol. The molecule has 92 valence electrons. The third kappa shape index (κ3) is 2.03. The highest BCUT2D eigenvalue weighted by Gasteiger charge is 2.26. The fraction of sp³-hybridized carbons (Fsp3) is 0.200. The van der Waals surface area contributed by atoms with E-state index in [1.54, 1.807) is 6.07 Å². The van der Waals surface area contributed by atoms with Gasteiger partial charge in [-0.3, -0.25) is 0 Å². The van der Waals surface area contributed by atoms with Crippen LogP contribution in [0.15, 0.2) is 48.5 Å². The standard InChI is InChI=1S/C15H13FO2/c16-12-6-3-5-11(8-12)14-9-10-4-1-2-7-13(10)15(17)18-14/h1-8,14-15,17H,9H2. The van der Waals surface area contributed by atoms with Crippen molar-refractivity contribution in [2.45, 2.75) is 18.8 Å². The molecule has 1 aliphatic rings. The Kier molecular flexibility index (Phi) is 2.86. The minimum absolute atomic E-state index is 0.288. The number of halogens is 1. The molecule has 0 fully saturated rings. The van der Waals surface area contributed by atoms with Crippen molar-refractivity contribution in [2.75, 3.05) is 0 Å². The van der Waals surface area contributed by atoms with Crippen LogP contribution in [-0.4, -0.2) is 5.11 Å². The second-order valence-corrected chi connectivity index (χ2v) is 4.44. The fourth-order valence-corrected chi connectivity index (χ4v) is 2.34. The number of rotatable bonds is 1. The van der Waals surface area contributed by atoms with E-state index in [2.05, 4.69) is 0 Å². The number of aliphatic hydroxyl groups is 1. The molecule has 2 unspecified atom stereocenters. The summed E-state index contributed by atoms with van der Waals surface area (Å²) in [5, 5.41) is 9.95. The molecule has 0 radical (unpaired) electrons. The first-order chi connectivity index (χ1) is 8.74. The fourth-order valence-electron chi connectivity index (χ4n) is 2.34. The second kappa shape index (κ2) is 4.52. The van der Waals surface area contributed by atoms with Crippen LogP contribution in [0, 0.1) is 5.82 Å². The maximum Gasteiger partial charge on any atom is 0.182 e. The Morgan fingerprint density at radius 2 is 1.94 bits per heavy atom. The van der Waals surface area contributed by atoms with Crippen molar-refractivity contribution < 1.29 is 14.2 Å². The summed E-state index contributed by atoms with van der Waals surface area (Å²) in [7, 11) is 0. The molecule has 1 heterocycles. The molecule has 1 N–H and O–H groups in total. The molecular formula is C15H13FO2. The van der Waals surface area contributed by atoms with Crippen molar-refractivity contribution in [3.63, 3.8) is 0 Å². The lowest BCUT2D eigenvalue weighted by Crippen LogP contribution is -2.20. The topological polar surface area (TPSA) is 29.5 Å². The van der Waals surface area contributed by atoms with Gasteiger partial charge in [0, 0.05) is 12.0 Å². The van der Waals surface area contributed by atoms with Gasteiger partial charge in [-0.05, 0) is 23.3 Å². The smallest absolute Gasteiger partial charge is 0.182 e. The summed E-state index contributed by atoms with van der Waals surface area (Å²) in [6.07, 6.45) is -0.592. The monoisotopic (exact) mass is 244 g/mol. The van der Waals surface area contributed by atoms with Crippen LogP contribution >= 0.6 is 0 Å². The van der Waals surface area contributed by atoms with Gasteiger partial charge in [0.25, 0.3) is 0 Å². The van der Waals surface area contributed by atoms with Crippen LogP contribution in [0.4, 0.5) is 4.39 Å². The Balaban J connectivity index is 1.94. The van der Waals surface area contributed by atoms with E-state index in [1.165, 1.54) is 12.1 Å². The molecule has 1 aliphatic heterocycles. The van der Waals surface area contributed by atoms with Crippen molar-refractivity contribution >= 4 is 0 Å². The van der Waals surface area contributed by atoms with E-state index in [9.17, 15) is 9.50 Å². The molecule has 2 nitrogen and oxygen atoms in total. The Bertz CT molecular complexity index is 568. The van der Waals surface area contributed by atoms with Crippen LogP contribution in [0.3, 0.4) is 0 Å². The lowest BCUT2D eigenvalue weighted by atomic mass is 9.94. The number of aliphatic hydroxyl groups excluding tert-OH is 1. The summed E-state index contributed by atoms with van der Waals surface area (Å²) in [5.74, 6) is -0.288. The van der Waals surface area contributed by atoms with Crippen LogP contribution in [-0.2, 0) is 11.2 Å². The third-order valence-corrected chi connectivity index (χ3v) is 3.24. The average Bonchev–Trinajstić information content (AvgIpc) is 2.39. The number of hydrogen-bond donors (Lipinski definition) is 1. The first kappa shape index (κ1) is 11.4. The SMILES string of the molecule is OC1OC(c2cccc(F)c2)Cc2ccccc21. The van der Waals surface area contributed by atoms with E-state index in [0.29, 0.717) is 6.42 Å². The average molecular weight is 244 g/mol. The summed E-state index contributed by atoms with van der Waals surface area (Å²) >= 11 is 0. The number of benzene rings is 2. The van der Waals surface area contributed by atoms with Crippen molar-refractivity contribution in [3.05, 3.63) is 71.0 Å². The second-order valence-electron chi connectivity index (χ2n) is 4.44. The van der Waals surface area contributed by atoms with Crippen LogP contribution in [0.1, 0.15) is 29.1 Å². The van der Waals surface area contributed by atoms with Gasteiger partial charge in [-0.25, -0.2) is 4.39 Å². The summed E-state index contributed by atoms with van der Waals surface area (Å²) in [6, 6.07) is 13.9. The van der Waals surface area contributed by atoms with Crippen LogP contribution < -0.4 is 0 Å². The zero-order valence-electron chi connectivity index (χ0n) is 9.71. The van der Waals surface area contributed by atoms with Crippen molar-refractivity contribution in [1.29, 1.82) is 0 Å². The molecule has 18 heavy (non-hydrogen) atoms. The van der Waals surface area contributed by atoms with E-state index >= 15 is 0 Å². The van der Waals surface area contributed by atoms with E-state index in [-0.39, 0.29) is 11.9 Å². The minimum Gasteiger partial charge on any atom is -0.364 e. The molecule has 2 aromatic carbocycles. The highest BCUT2D eigenvalue weighted by Crippen LogP contribution is 2.35. The largest absolute Gasteiger partial charge is 0.364 e. The Morgan fingerprint density at radius 3 is 2.78 bits per heavy atom. The van der Waals surface area contributed by atoms with Gasteiger partial charge in [-0.1, -0.05) is 36.4 Å². The molecule has 0 saturated carbocycles. The zero-order chi connectivity index (χ0) is 12.5. The van der Waals surface area contributed by atoms with E-state index in [4.69, 9.17) is 4.74 Å². The quantitative estimate of drug-likeness (QED) is 0.835. The summed E-state index contributed by atoms with van der Waals surface area (Å²) in [6.45, 7) is 0. The minimum atomic E-state index is -0.941. The maximum atomic E-state index is 13.2. The molecule has 0 amide bonds. The zero-order valence-corrected chi connectivity index (χ0v) is 9.71. The van der Waals surface area contributed by atoms with Crippen LogP contribution in [0.5, 0.6) is 0 Å². The summed E-state index contributed by atoms with van der Waals surface area (Å²) < 4.78 is 18.7. The molecule has 3 heteroatoms. The van der Waals surface area contributed by atoms with Gasteiger partial charge in [0.1, 0.15) is 5.82 Å². The van der Waals surface area contributed by atoms with Gasteiger partial charge in [0.2, 0.25) is 0 Å². The van der Waals surface area contributed by atoms with Gasteiger partial charge < -0.3 is 9.84 Å². The van der Waals surface area contributed by atoms with Crippen LogP contribution in [0.25, 0.3) is 0 Å². The van der Waals surface area contributed by atoms with E-state index in [0.717, 1.165) is 16.7 Å². The van der Waals surface area contributed by atoms with Crippen molar-refractivity contribution in [3.8, 4) is 0 Å². The third-order valence-electron chi connectivity index (χ3n) is 3.24. The molecule has 2 aromatic rings.